The first kappa shape index (κ1) is 13.8. The Bertz CT molecular complexity index is 299. The number of amidine groups is 1. The Morgan fingerprint density at radius 2 is 1.67 bits per heavy atom. The molecule has 0 atom stereocenters. The van der Waals surface area contributed by atoms with Gasteiger partial charge in [-0.05, 0) is 47.1 Å². The summed E-state index contributed by atoms with van der Waals surface area (Å²) >= 11 is 0. The van der Waals surface area contributed by atoms with Gasteiger partial charge in [0.2, 0.25) is 0 Å². The molecule has 0 bridgehead atoms. The van der Waals surface area contributed by atoms with E-state index in [0.717, 1.165) is 11.3 Å². The first-order valence-corrected chi connectivity index (χ1v) is 5.09. The zero-order chi connectivity index (χ0) is 12.2. The fourth-order valence-electron chi connectivity index (χ4n) is 0.930. The number of allylic oxidation sites excluding steroid dienone is 2. The fourth-order valence-corrected chi connectivity index (χ4v) is 0.930. The van der Waals surface area contributed by atoms with Crippen LogP contribution in [0.2, 0.25) is 0 Å². The van der Waals surface area contributed by atoms with E-state index in [2.05, 4.69) is 16.9 Å². The van der Waals surface area contributed by atoms with Crippen molar-refractivity contribution >= 4 is 5.84 Å². The summed E-state index contributed by atoms with van der Waals surface area (Å²) in [6.45, 7) is 15.7. The number of aliphatic imine (C=N–C) groups is 1. The van der Waals surface area contributed by atoms with E-state index in [1.54, 1.807) is 0 Å². The molecule has 0 radical (unpaired) electrons. The summed E-state index contributed by atoms with van der Waals surface area (Å²) in [5, 5.41) is 3.09. The Morgan fingerprint density at radius 3 is 1.93 bits per heavy atom. The second-order valence-electron chi connectivity index (χ2n) is 4.95. The molecule has 0 rings (SSSR count). The molecule has 3 nitrogen and oxygen atoms in total. The monoisotopic (exact) mass is 209 g/mol. The van der Waals surface area contributed by atoms with Crippen molar-refractivity contribution in [1.82, 2.24) is 5.32 Å². The van der Waals surface area contributed by atoms with Crippen LogP contribution in [-0.4, -0.2) is 11.4 Å². The van der Waals surface area contributed by atoms with Gasteiger partial charge in [-0.1, -0.05) is 6.58 Å². The smallest absolute Gasteiger partial charge is 0.149 e. The molecular weight excluding hydrogens is 186 g/mol. The molecule has 0 aliphatic carbocycles. The highest BCUT2D eigenvalue weighted by Crippen LogP contribution is 2.09. The summed E-state index contributed by atoms with van der Waals surface area (Å²) in [5.41, 5.74) is 8.38. The molecule has 0 saturated carbocycles. The van der Waals surface area contributed by atoms with Crippen LogP contribution in [0, 0.1) is 0 Å². The molecule has 3 N–H and O–H groups in total. The normalized spacial score (nSPS) is 12.3. The van der Waals surface area contributed by atoms with Crippen molar-refractivity contribution in [2.45, 2.75) is 47.1 Å². The minimum absolute atomic E-state index is 0.155. The minimum atomic E-state index is -0.155. The molecule has 0 fully saturated rings. The Labute approximate surface area is 93.2 Å². The highest BCUT2D eigenvalue weighted by atomic mass is 15.0. The topological polar surface area (TPSA) is 50.4 Å². The van der Waals surface area contributed by atoms with Crippen molar-refractivity contribution in [3.8, 4) is 0 Å². The number of hydrogen-bond donors (Lipinski definition) is 2. The van der Waals surface area contributed by atoms with E-state index < -0.39 is 0 Å². The van der Waals surface area contributed by atoms with Gasteiger partial charge in [0.1, 0.15) is 5.84 Å². The van der Waals surface area contributed by atoms with Crippen molar-refractivity contribution in [2.24, 2.45) is 10.7 Å². The van der Waals surface area contributed by atoms with Crippen LogP contribution in [0.1, 0.15) is 41.5 Å². The van der Waals surface area contributed by atoms with Crippen molar-refractivity contribution in [3.05, 3.63) is 23.5 Å². The quantitative estimate of drug-likeness (QED) is 0.542. The average molecular weight is 209 g/mol. The maximum Gasteiger partial charge on any atom is 0.149 e. The molecule has 86 valence electrons. The lowest BCUT2D eigenvalue weighted by Gasteiger charge is -2.18. The average Bonchev–Trinajstić information content (AvgIpc) is 1.97. The van der Waals surface area contributed by atoms with Gasteiger partial charge in [-0.25, -0.2) is 0 Å². The Morgan fingerprint density at radius 1 is 1.20 bits per heavy atom. The summed E-state index contributed by atoms with van der Waals surface area (Å²) in [4.78, 5) is 4.53. The first-order chi connectivity index (χ1) is 6.63. The number of nitrogens with zero attached hydrogens (tertiary/aromatic N) is 1. The third-order valence-corrected chi connectivity index (χ3v) is 1.57. The van der Waals surface area contributed by atoms with Crippen LogP contribution >= 0.6 is 0 Å². The van der Waals surface area contributed by atoms with E-state index in [1.807, 2.05) is 41.5 Å². The summed E-state index contributed by atoms with van der Waals surface area (Å²) < 4.78 is 0. The lowest BCUT2D eigenvalue weighted by atomic mass is 10.1. The predicted molar refractivity (Wildman–Crippen MR) is 67.7 cm³/mol. The van der Waals surface area contributed by atoms with Gasteiger partial charge >= 0.3 is 0 Å². The van der Waals surface area contributed by atoms with Crippen LogP contribution in [0.25, 0.3) is 0 Å². The summed E-state index contributed by atoms with van der Waals surface area (Å²) in [6.07, 6.45) is 0. The summed E-state index contributed by atoms with van der Waals surface area (Å²) in [6, 6.07) is 0. The van der Waals surface area contributed by atoms with Gasteiger partial charge in [0.05, 0.1) is 11.2 Å². The largest absolute Gasteiger partial charge is 0.396 e. The molecule has 0 aliphatic heterocycles. The molecule has 15 heavy (non-hydrogen) atoms. The van der Waals surface area contributed by atoms with Crippen LogP contribution in [0.5, 0.6) is 0 Å². The lowest BCUT2D eigenvalue weighted by Crippen LogP contribution is -2.31. The zero-order valence-electron chi connectivity index (χ0n) is 10.7. The molecule has 0 saturated heterocycles. The van der Waals surface area contributed by atoms with Crippen LogP contribution in [0.4, 0.5) is 0 Å². The number of nitrogens with one attached hydrogen (secondary N) is 1. The molecular formula is C12H23N3. The van der Waals surface area contributed by atoms with Gasteiger partial charge < -0.3 is 11.1 Å². The van der Waals surface area contributed by atoms with E-state index in [4.69, 9.17) is 5.73 Å². The summed E-state index contributed by atoms with van der Waals surface area (Å²) in [7, 11) is 0. The van der Waals surface area contributed by atoms with Gasteiger partial charge in [-0.15, -0.1) is 0 Å². The van der Waals surface area contributed by atoms with Crippen LogP contribution in [0.3, 0.4) is 0 Å². The van der Waals surface area contributed by atoms with Crippen LogP contribution in [-0.2, 0) is 0 Å². The third-order valence-electron chi connectivity index (χ3n) is 1.57. The highest BCUT2D eigenvalue weighted by Gasteiger charge is 2.12. The van der Waals surface area contributed by atoms with Crippen molar-refractivity contribution in [1.29, 1.82) is 0 Å². The highest BCUT2D eigenvalue weighted by molar-refractivity contribution is 5.99. The van der Waals surface area contributed by atoms with E-state index in [0.29, 0.717) is 11.5 Å². The second-order valence-corrected chi connectivity index (χ2v) is 4.95. The van der Waals surface area contributed by atoms with Crippen LogP contribution in [0.15, 0.2) is 28.5 Å². The van der Waals surface area contributed by atoms with Crippen molar-refractivity contribution in [3.63, 3.8) is 0 Å². The van der Waals surface area contributed by atoms with E-state index in [9.17, 15) is 0 Å². The molecule has 0 amide bonds. The third kappa shape index (κ3) is 5.94. The lowest BCUT2D eigenvalue weighted by molar-refractivity contribution is 0.581. The zero-order valence-corrected chi connectivity index (χ0v) is 10.7. The second kappa shape index (κ2) is 5.01. The number of nitrogens with two attached hydrogens (primary N) is 1. The molecule has 3 heteroatoms. The Hall–Kier alpha value is -1.25. The van der Waals surface area contributed by atoms with Gasteiger partial charge in [0.25, 0.3) is 0 Å². The minimum Gasteiger partial charge on any atom is -0.396 e. The van der Waals surface area contributed by atoms with Crippen LogP contribution < -0.4 is 11.1 Å². The SMILES string of the molecule is C=C(C)NC(=NC(C)(C)C)C(N)=C(C)C. The molecule has 0 aliphatic rings. The Kier molecular flexibility index (Phi) is 4.59. The molecule has 0 aromatic rings. The maximum absolute atomic E-state index is 5.96. The van der Waals surface area contributed by atoms with Gasteiger partial charge in [0.15, 0.2) is 0 Å². The van der Waals surface area contributed by atoms with E-state index in [-0.39, 0.29) is 5.54 Å². The molecule has 0 heterocycles. The van der Waals surface area contributed by atoms with E-state index in [1.165, 1.54) is 0 Å². The van der Waals surface area contributed by atoms with Gasteiger partial charge in [-0.3, -0.25) is 4.99 Å². The van der Waals surface area contributed by atoms with Crippen molar-refractivity contribution < 1.29 is 0 Å². The van der Waals surface area contributed by atoms with E-state index >= 15 is 0 Å². The maximum atomic E-state index is 5.96. The molecule has 0 aromatic carbocycles. The standard InChI is InChI=1S/C12H23N3/c1-8(2)10(13)11(14-9(3)4)15-12(5,6)7/h3,13H2,1-2,4-7H3,(H,14,15). The predicted octanol–water partition coefficient (Wildman–Crippen LogP) is 2.56. The molecule has 0 spiro atoms. The number of rotatable bonds is 2. The fraction of sp³-hybridized carbons (Fsp3) is 0.583. The number of hydrogen-bond acceptors (Lipinski definition) is 2. The first-order valence-electron chi connectivity index (χ1n) is 5.09. The molecule has 0 aromatic heterocycles. The summed E-state index contributed by atoms with van der Waals surface area (Å²) in [5.74, 6) is 0.704. The van der Waals surface area contributed by atoms with Crippen molar-refractivity contribution in [2.75, 3.05) is 0 Å². The Balaban J connectivity index is 5.17. The van der Waals surface area contributed by atoms with Gasteiger partial charge in [-0.2, -0.15) is 0 Å². The van der Waals surface area contributed by atoms with Gasteiger partial charge in [0, 0.05) is 5.70 Å². The molecule has 0 unspecified atom stereocenters.